The normalized spacial score (nSPS) is 22.1. The summed E-state index contributed by atoms with van der Waals surface area (Å²) >= 11 is 3.35. The first-order valence-corrected chi connectivity index (χ1v) is 7.60. The second-order valence-corrected chi connectivity index (χ2v) is 5.95. The van der Waals surface area contributed by atoms with Crippen LogP contribution in [0, 0.1) is 11.3 Å². The molecule has 5 nitrogen and oxygen atoms in total. The van der Waals surface area contributed by atoms with E-state index < -0.39 is 5.97 Å². The highest BCUT2D eigenvalue weighted by Crippen LogP contribution is 2.39. The minimum absolute atomic E-state index is 0.0877. The highest BCUT2D eigenvalue weighted by Gasteiger charge is 2.42. The fraction of sp³-hybridized carbons (Fsp3) is 0.333. The number of nitrogens with zero attached hydrogens (tertiary/aromatic N) is 1. The molecular weight excluding hydrogens is 334 g/mol. The fourth-order valence-electron chi connectivity index (χ4n) is 2.51. The van der Waals surface area contributed by atoms with Crippen LogP contribution in [0.1, 0.15) is 12.8 Å². The Labute approximate surface area is 131 Å². The lowest BCUT2D eigenvalue weighted by atomic mass is 10.1. The number of hydrogen-bond acceptors (Lipinski definition) is 4. The van der Waals surface area contributed by atoms with Gasteiger partial charge in [0.2, 0.25) is 0 Å². The third-order valence-electron chi connectivity index (χ3n) is 3.73. The van der Waals surface area contributed by atoms with E-state index in [4.69, 9.17) is 10.1 Å². The van der Waals surface area contributed by atoms with E-state index in [0.717, 1.165) is 18.5 Å². The number of carbonyl (C=O) groups excluding carboxylic acids is 1. The Morgan fingerprint density at radius 3 is 2.62 bits per heavy atom. The highest BCUT2D eigenvalue weighted by atomic mass is 79.9. The molecule has 2 N–H and O–H groups in total. The number of methoxy groups -OCH3 is 1. The molecule has 0 spiro atoms. The molecule has 0 aromatic heterocycles. The van der Waals surface area contributed by atoms with Crippen molar-refractivity contribution in [2.45, 2.75) is 19.0 Å². The third kappa shape index (κ3) is 2.55. The van der Waals surface area contributed by atoms with Crippen molar-refractivity contribution in [3.63, 3.8) is 0 Å². The Bertz CT molecular complexity index is 611. The van der Waals surface area contributed by atoms with E-state index in [1.165, 1.54) is 7.11 Å². The maximum Gasteiger partial charge on any atom is 0.355 e. The lowest BCUT2D eigenvalue weighted by molar-refractivity contribution is -0.136. The molecule has 1 aromatic rings. The van der Waals surface area contributed by atoms with Crippen molar-refractivity contribution in [1.29, 1.82) is 5.41 Å². The van der Waals surface area contributed by atoms with Crippen molar-refractivity contribution in [1.82, 2.24) is 5.32 Å². The number of rotatable bonds is 3. The fourth-order valence-corrected chi connectivity index (χ4v) is 2.98. The molecular formula is C15H16BrN3O2. The maximum atomic E-state index is 11.9. The van der Waals surface area contributed by atoms with Crippen LogP contribution in [-0.4, -0.2) is 25.1 Å². The second-order valence-electron chi connectivity index (χ2n) is 5.16. The predicted octanol–water partition coefficient (Wildman–Crippen LogP) is 2.59. The van der Waals surface area contributed by atoms with Crippen molar-refractivity contribution in [3.05, 3.63) is 40.5 Å². The summed E-state index contributed by atoms with van der Waals surface area (Å²) in [6.07, 6.45) is 2.11. The number of amidine groups is 1. The minimum Gasteiger partial charge on any atom is -0.464 e. The number of esters is 1. The minimum atomic E-state index is -0.454. The number of benzene rings is 1. The van der Waals surface area contributed by atoms with E-state index in [0.29, 0.717) is 16.1 Å². The molecule has 1 unspecified atom stereocenters. The van der Waals surface area contributed by atoms with E-state index in [9.17, 15) is 4.79 Å². The zero-order valence-corrected chi connectivity index (χ0v) is 13.2. The summed E-state index contributed by atoms with van der Waals surface area (Å²) in [6, 6.07) is 9.77. The van der Waals surface area contributed by atoms with Gasteiger partial charge in [-0.2, -0.15) is 0 Å². The number of nitrogens with one attached hydrogen (secondary N) is 2. The van der Waals surface area contributed by atoms with Crippen LogP contribution in [0.3, 0.4) is 0 Å². The van der Waals surface area contributed by atoms with Crippen LogP contribution < -0.4 is 10.2 Å². The molecule has 0 saturated heterocycles. The Morgan fingerprint density at radius 1 is 1.38 bits per heavy atom. The topological polar surface area (TPSA) is 65.4 Å². The van der Waals surface area contributed by atoms with Crippen LogP contribution in [0.15, 0.2) is 40.5 Å². The van der Waals surface area contributed by atoms with Crippen molar-refractivity contribution >= 4 is 33.4 Å². The van der Waals surface area contributed by atoms with Crippen molar-refractivity contribution in [3.8, 4) is 0 Å². The lowest BCUT2D eigenvalue weighted by Crippen LogP contribution is -2.55. The molecule has 1 atom stereocenters. The van der Waals surface area contributed by atoms with E-state index in [2.05, 4.69) is 21.2 Å². The highest BCUT2D eigenvalue weighted by molar-refractivity contribution is 9.12. The molecule has 2 aliphatic rings. The van der Waals surface area contributed by atoms with Crippen LogP contribution >= 0.6 is 15.9 Å². The van der Waals surface area contributed by atoms with Crippen molar-refractivity contribution in [2.24, 2.45) is 5.92 Å². The molecule has 1 saturated carbocycles. The van der Waals surface area contributed by atoms with E-state index in [1.807, 2.05) is 35.2 Å². The molecule has 1 aliphatic carbocycles. The van der Waals surface area contributed by atoms with E-state index in [1.54, 1.807) is 0 Å². The van der Waals surface area contributed by atoms with Crippen LogP contribution in [0.2, 0.25) is 0 Å². The Kier molecular flexibility index (Phi) is 3.71. The van der Waals surface area contributed by atoms with Gasteiger partial charge in [-0.05, 0) is 46.8 Å². The second kappa shape index (κ2) is 5.52. The quantitative estimate of drug-likeness (QED) is 0.823. The van der Waals surface area contributed by atoms with Gasteiger partial charge >= 0.3 is 5.97 Å². The Balaban J connectivity index is 2.02. The van der Waals surface area contributed by atoms with Crippen molar-refractivity contribution in [2.75, 3.05) is 12.0 Å². The monoisotopic (exact) mass is 349 g/mol. The van der Waals surface area contributed by atoms with Crippen LogP contribution in [0.25, 0.3) is 0 Å². The number of halogens is 1. The number of para-hydroxylation sites is 1. The Hall–Kier alpha value is -1.82. The molecule has 0 bridgehead atoms. The summed E-state index contributed by atoms with van der Waals surface area (Å²) in [5.74, 6) is 0.257. The SMILES string of the molecule is COC(=O)C1=C(Br)C(=N)N(c2ccccc2)C(C2CC2)N1. The van der Waals surface area contributed by atoms with E-state index >= 15 is 0 Å². The summed E-state index contributed by atoms with van der Waals surface area (Å²) < 4.78 is 5.22. The van der Waals surface area contributed by atoms with Gasteiger partial charge in [0.1, 0.15) is 17.7 Å². The van der Waals surface area contributed by atoms with Gasteiger partial charge in [0, 0.05) is 5.69 Å². The first kappa shape index (κ1) is 14.1. The molecule has 0 radical (unpaired) electrons. The predicted molar refractivity (Wildman–Crippen MR) is 84.3 cm³/mol. The standard InChI is InChI=1S/C15H16BrN3O2/c1-21-15(20)12-11(16)13(17)19(10-5-3-2-4-6-10)14(18-12)9-7-8-9/h2-6,9,14,17-18H,7-8H2,1H3. The summed E-state index contributed by atoms with van der Waals surface area (Å²) in [7, 11) is 1.34. The van der Waals surface area contributed by atoms with E-state index in [-0.39, 0.29) is 12.0 Å². The third-order valence-corrected chi connectivity index (χ3v) is 4.50. The number of carbonyl (C=O) groups is 1. The van der Waals surface area contributed by atoms with Gasteiger partial charge in [-0.15, -0.1) is 0 Å². The van der Waals surface area contributed by atoms with Gasteiger partial charge in [-0.25, -0.2) is 4.79 Å². The summed E-state index contributed by atoms with van der Waals surface area (Å²) in [5, 5.41) is 11.7. The zero-order valence-electron chi connectivity index (χ0n) is 11.6. The smallest absolute Gasteiger partial charge is 0.355 e. The van der Waals surface area contributed by atoms with Gasteiger partial charge in [0.05, 0.1) is 11.6 Å². The molecule has 1 heterocycles. The van der Waals surface area contributed by atoms with Gasteiger partial charge < -0.3 is 15.0 Å². The number of ether oxygens (including phenoxy) is 1. The van der Waals surface area contributed by atoms with Crippen LogP contribution in [-0.2, 0) is 9.53 Å². The number of anilines is 1. The average Bonchev–Trinajstić information content (AvgIpc) is 3.34. The van der Waals surface area contributed by atoms with Gasteiger partial charge in [0.15, 0.2) is 0 Å². The zero-order chi connectivity index (χ0) is 15.0. The molecule has 21 heavy (non-hydrogen) atoms. The molecule has 1 aliphatic heterocycles. The summed E-state index contributed by atoms with van der Waals surface area (Å²) in [4.78, 5) is 13.8. The Morgan fingerprint density at radius 2 is 2.05 bits per heavy atom. The van der Waals surface area contributed by atoms with Gasteiger partial charge in [0.25, 0.3) is 0 Å². The molecule has 3 rings (SSSR count). The van der Waals surface area contributed by atoms with Gasteiger partial charge in [-0.1, -0.05) is 18.2 Å². The molecule has 6 heteroatoms. The molecule has 1 aromatic carbocycles. The number of hydrogen-bond donors (Lipinski definition) is 2. The molecule has 0 amide bonds. The molecule has 110 valence electrons. The first-order chi connectivity index (χ1) is 10.1. The van der Waals surface area contributed by atoms with Crippen molar-refractivity contribution < 1.29 is 9.53 Å². The van der Waals surface area contributed by atoms with Crippen LogP contribution in [0.4, 0.5) is 5.69 Å². The van der Waals surface area contributed by atoms with Gasteiger partial charge in [-0.3, -0.25) is 5.41 Å². The lowest BCUT2D eigenvalue weighted by Gasteiger charge is -2.39. The largest absolute Gasteiger partial charge is 0.464 e. The maximum absolute atomic E-state index is 11.9. The van der Waals surface area contributed by atoms with Crippen LogP contribution in [0.5, 0.6) is 0 Å². The molecule has 1 fully saturated rings. The summed E-state index contributed by atoms with van der Waals surface area (Å²) in [5.41, 5.74) is 1.26. The average molecular weight is 350 g/mol. The summed E-state index contributed by atoms with van der Waals surface area (Å²) in [6.45, 7) is 0. The first-order valence-electron chi connectivity index (χ1n) is 6.81.